The Kier molecular flexibility index (Phi) is 6.97. The maximum Gasteiger partial charge on any atom is 0.394 e. The van der Waals surface area contributed by atoms with Crippen molar-refractivity contribution in [3.63, 3.8) is 0 Å². The molecule has 0 N–H and O–H groups in total. The third-order valence-corrected chi connectivity index (χ3v) is 7.89. The van der Waals surface area contributed by atoms with Crippen LogP contribution in [0.2, 0.25) is 0 Å². The van der Waals surface area contributed by atoms with Crippen LogP contribution in [0, 0.1) is 11.3 Å². The number of hydrogen-bond donors (Lipinski definition) is 0. The van der Waals surface area contributed by atoms with Gasteiger partial charge in [-0.3, -0.25) is 4.79 Å². The second-order valence-corrected chi connectivity index (χ2v) is 11.8. The van der Waals surface area contributed by atoms with Crippen LogP contribution >= 0.6 is 0 Å². The SMILES string of the molecule is CCCC(C)(C)c1cc(OC)c2c(c1)OC(C)(C)[C@@H]1CC=C(C(=O)CC(C)(C)C(F)(F)F)C[C@@H]21. The molecule has 6 heteroatoms. The number of methoxy groups -OCH3 is 1. The van der Waals surface area contributed by atoms with Crippen molar-refractivity contribution in [1.29, 1.82) is 0 Å². The zero-order valence-electron chi connectivity index (χ0n) is 21.8. The first-order chi connectivity index (χ1) is 15.5. The molecule has 34 heavy (non-hydrogen) atoms. The molecule has 0 radical (unpaired) electrons. The Morgan fingerprint density at radius 1 is 1.18 bits per heavy atom. The minimum atomic E-state index is -4.43. The molecule has 2 aliphatic rings. The minimum absolute atomic E-state index is 0.0574. The van der Waals surface area contributed by atoms with Crippen molar-refractivity contribution < 1.29 is 27.4 Å². The third kappa shape index (κ3) is 4.87. The standard InChI is InChI=1S/C28H39F3O3/c1-9-12-25(2,3)18-14-22(33-8)24-19-13-17(21(32)16-26(4,5)28(29,30)31)10-11-20(19)27(6,7)34-23(24)15-18/h10,14-15,19-20H,9,11-13,16H2,1-8H3/t19-,20-/m1/s1. The Bertz CT molecular complexity index is 970. The summed E-state index contributed by atoms with van der Waals surface area (Å²) in [6.45, 7) is 12.9. The number of fused-ring (bicyclic) bond motifs is 3. The van der Waals surface area contributed by atoms with Gasteiger partial charge in [0.25, 0.3) is 0 Å². The summed E-state index contributed by atoms with van der Waals surface area (Å²) in [5, 5.41) is 0. The fourth-order valence-electron chi connectivity index (χ4n) is 5.55. The molecule has 3 rings (SSSR count). The number of ether oxygens (including phenoxy) is 2. The lowest BCUT2D eigenvalue weighted by Gasteiger charge is -2.47. The number of hydrogen-bond acceptors (Lipinski definition) is 3. The molecule has 0 saturated carbocycles. The van der Waals surface area contributed by atoms with Crippen LogP contribution in [-0.4, -0.2) is 24.7 Å². The number of halogens is 3. The molecular formula is C28H39F3O3. The summed E-state index contributed by atoms with van der Waals surface area (Å²) in [5.74, 6) is 1.09. The second-order valence-electron chi connectivity index (χ2n) is 11.8. The monoisotopic (exact) mass is 480 g/mol. The molecule has 0 bridgehead atoms. The van der Waals surface area contributed by atoms with E-state index < -0.39 is 29.4 Å². The highest BCUT2D eigenvalue weighted by Gasteiger charge is 2.50. The van der Waals surface area contributed by atoms with E-state index in [1.807, 2.05) is 6.08 Å². The van der Waals surface area contributed by atoms with Gasteiger partial charge in [-0.1, -0.05) is 47.1 Å². The number of alkyl halides is 3. The predicted octanol–water partition coefficient (Wildman–Crippen LogP) is 7.91. The topological polar surface area (TPSA) is 35.5 Å². The van der Waals surface area contributed by atoms with Crippen LogP contribution < -0.4 is 9.47 Å². The quantitative estimate of drug-likeness (QED) is 0.398. The maximum absolute atomic E-state index is 13.4. The molecule has 0 amide bonds. The van der Waals surface area contributed by atoms with Gasteiger partial charge in [0.1, 0.15) is 17.1 Å². The summed E-state index contributed by atoms with van der Waals surface area (Å²) in [6, 6.07) is 4.16. The Balaban J connectivity index is 2.01. The van der Waals surface area contributed by atoms with Crippen molar-refractivity contribution in [2.24, 2.45) is 11.3 Å². The minimum Gasteiger partial charge on any atom is -0.496 e. The molecule has 190 valence electrons. The van der Waals surface area contributed by atoms with Crippen LogP contribution in [0.25, 0.3) is 0 Å². The highest BCUT2D eigenvalue weighted by Crippen LogP contribution is 2.55. The zero-order valence-corrected chi connectivity index (χ0v) is 21.8. The summed E-state index contributed by atoms with van der Waals surface area (Å²) in [4.78, 5) is 13.0. The molecule has 0 saturated heterocycles. The molecule has 1 aliphatic carbocycles. The molecule has 0 fully saturated rings. The fourth-order valence-corrected chi connectivity index (χ4v) is 5.55. The average molecular weight is 481 g/mol. The maximum atomic E-state index is 13.4. The van der Waals surface area contributed by atoms with Crippen molar-refractivity contribution >= 4 is 5.78 Å². The lowest BCUT2D eigenvalue weighted by molar-refractivity contribution is -0.213. The van der Waals surface area contributed by atoms with Crippen LogP contribution in [0.4, 0.5) is 13.2 Å². The Morgan fingerprint density at radius 3 is 2.38 bits per heavy atom. The summed E-state index contributed by atoms with van der Waals surface area (Å²) in [5.41, 5.74) is -0.0543. The highest BCUT2D eigenvalue weighted by atomic mass is 19.4. The zero-order chi connectivity index (χ0) is 25.7. The molecule has 0 spiro atoms. The van der Waals surface area contributed by atoms with Crippen LogP contribution in [0.5, 0.6) is 11.5 Å². The molecule has 1 heterocycles. The Hall–Kier alpha value is -1.98. The van der Waals surface area contributed by atoms with Gasteiger partial charge in [-0.2, -0.15) is 13.2 Å². The normalized spacial score (nSPS) is 22.3. The summed E-state index contributed by atoms with van der Waals surface area (Å²) in [7, 11) is 1.64. The summed E-state index contributed by atoms with van der Waals surface area (Å²) < 4.78 is 52.6. The fraction of sp³-hybridized carbons (Fsp3) is 0.679. The highest BCUT2D eigenvalue weighted by molar-refractivity contribution is 5.96. The van der Waals surface area contributed by atoms with Gasteiger partial charge < -0.3 is 9.47 Å². The molecule has 1 aliphatic heterocycles. The van der Waals surface area contributed by atoms with Crippen LogP contribution in [0.15, 0.2) is 23.8 Å². The molecule has 0 unspecified atom stereocenters. The second kappa shape index (κ2) is 8.91. The number of rotatable bonds is 7. The summed E-state index contributed by atoms with van der Waals surface area (Å²) >= 11 is 0. The van der Waals surface area contributed by atoms with E-state index in [0.29, 0.717) is 18.4 Å². The van der Waals surface area contributed by atoms with Gasteiger partial charge in [-0.15, -0.1) is 0 Å². The number of Topliss-reactive ketones (excluding diaryl/α,β-unsaturated/α-hetero) is 1. The van der Waals surface area contributed by atoms with Crippen molar-refractivity contribution in [3.05, 3.63) is 34.9 Å². The lowest BCUT2D eigenvalue weighted by atomic mass is 9.65. The van der Waals surface area contributed by atoms with E-state index in [1.165, 1.54) is 0 Å². The van der Waals surface area contributed by atoms with Gasteiger partial charge in [-0.25, -0.2) is 0 Å². The number of allylic oxidation sites excluding steroid dienone is 2. The first-order valence-corrected chi connectivity index (χ1v) is 12.2. The first-order valence-electron chi connectivity index (χ1n) is 12.2. The first kappa shape index (κ1) is 26.6. The van der Waals surface area contributed by atoms with Crippen molar-refractivity contribution in [3.8, 4) is 11.5 Å². The molecule has 1 aromatic carbocycles. The number of ketones is 1. The van der Waals surface area contributed by atoms with Gasteiger partial charge in [-0.05, 0) is 61.8 Å². The van der Waals surface area contributed by atoms with Gasteiger partial charge in [0.2, 0.25) is 0 Å². The van der Waals surface area contributed by atoms with Crippen LogP contribution in [0.3, 0.4) is 0 Å². The van der Waals surface area contributed by atoms with E-state index in [0.717, 1.165) is 49.3 Å². The third-order valence-electron chi connectivity index (χ3n) is 7.89. The molecular weight excluding hydrogens is 441 g/mol. The lowest BCUT2D eigenvalue weighted by Crippen LogP contribution is -2.46. The molecule has 2 atom stereocenters. The Morgan fingerprint density at radius 2 is 1.82 bits per heavy atom. The van der Waals surface area contributed by atoms with Gasteiger partial charge in [0, 0.05) is 23.8 Å². The molecule has 1 aromatic rings. The van der Waals surface area contributed by atoms with E-state index in [2.05, 4.69) is 46.8 Å². The molecule has 0 aromatic heterocycles. The van der Waals surface area contributed by atoms with Gasteiger partial charge in [0.15, 0.2) is 5.78 Å². The number of carbonyl (C=O) groups is 1. The smallest absolute Gasteiger partial charge is 0.394 e. The van der Waals surface area contributed by atoms with E-state index >= 15 is 0 Å². The van der Waals surface area contributed by atoms with E-state index in [4.69, 9.17) is 9.47 Å². The molecule has 3 nitrogen and oxygen atoms in total. The summed E-state index contributed by atoms with van der Waals surface area (Å²) in [6.07, 6.45) is -0.111. The number of benzene rings is 1. The largest absolute Gasteiger partial charge is 0.496 e. The van der Waals surface area contributed by atoms with Crippen LogP contribution in [0.1, 0.15) is 97.6 Å². The van der Waals surface area contributed by atoms with Crippen molar-refractivity contribution in [2.45, 2.75) is 104 Å². The van der Waals surface area contributed by atoms with Crippen LogP contribution in [-0.2, 0) is 10.2 Å². The van der Waals surface area contributed by atoms with E-state index in [1.54, 1.807) is 7.11 Å². The Labute approximate surface area is 202 Å². The van der Waals surface area contributed by atoms with E-state index in [9.17, 15) is 18.0 Å². The van der Waals surface area contributed by atoms with Gasteiger partial charge >= 0.3 is 6.18 Å². The van der Waals surface area contributed by atoms with E-state index in [-0.39, 0.29) is 17.3 Å². The van der Waals surface area contributed by atoms with Crippen molar-refractivity contribution in [2.75, 3.05) is 7.11 Å². The van der Waals surface area contributed by atoms with Gasteiger partial charge in [0.05, 0.1) is 12.5 Å². The van der Waals surface area contributed by atoms with Crippen molar-refractivity contribution in [1.82, 2.24) is 0 Å². The average Bonchev–Trinajstić information content (AvgIpc) is 2.70. The number of carbonyl (C=O) groups excluding carboxylic acids is 1. The predicted molar refractivity (Wildman–Crippen MR) is 129 cm³/mol.